The second-order valence-electron chi connectivity index (χ2n) is 7.44. The maximum absolute atomic E-state index is 13.0. The van der Waals surface area contributed by atoms with Crippen molar-refractivity contribution in [2.75, 3.05) is 33.4 Å². The summed E-state index contributed by atoms with van der Waals surface area (Å²) >= 11 is 0. The topological polar surface area (TPSA) is 59.0 Å². The van der Waals surface area contributed by atoms with Crippen molar-refractivity contribution in [2.45, 2.75) is 19.4 Å². The molecule has 6 nitrogen and oxygen atoms in total. The number of aliphatic imine (C=N–C) groups is 1. The van der Waals surface area contributed by atoms with Crippen molar-refractivity contribution in [1.29, 1.82) is 0 Å². The van der Waals surface area contributed by atoms with Crippen LogP contribution in [0.15, 0.2) is 47.6 Å². The number of rotatable bonds is 4. The van der Waals surface area contributed by atoms with Crippen LogP contribution in [0.25, 0.3) is 0 Å². The van der Waals surface area contributed by atoms with E-state index in [1.807, 2.05) is 19.2 Å². The summed E-state index contributed by atoms with van der Waals surface area (Å²) in [7, 11) is 1.82. The van der Waals surface area contributed by atoms with Crippen LogP contribution in [-0.4, -0.2) is 49.2 Å². The lowest BCUT2D eigenvalue weighted by Gasteiger charge is -2.25. The van der Waals surface area contributed by atoms with Crippen molar-refractivity contribution >= 4 is 5.96 Å². The van der Waals surface area contributed by atoms with Crippen LogP contribution in [0, 0.1) is 11.2 Å². The van der Waals surface area contributed by atoms with E-state index in [0.717, 1.165) is 50.7 Å². The molecule has 28 heavy (non-hydrogen) atoms. The Balaban J connectivity index is 1.31. The van der Waals surface area contributed by atoms with Crippen molar-refractivity contribution in [2.24, 2.45) is 10.4 Å². The largest absolute Gasteiger partial charge is 0.439 e. The number of hydrogen-bond acceptors (Lipinski definition) is 4. The molecule has 2 aliphatic rings. The third-order valence-electron chi connectivity index (χ3n) is 5.42. The quantitative estimate of drug-likeness (QED) is 0.648. The molecule has 0 bridgehead atoms. The lowest BCUT2D eigenvalue weighted by Crippen LogP contribution is -2.41. The molecular formula is C21H25FN4O2. The highest BCUT2D eigenvalue weighted by Gasteiger charge is 2.42. The minimum Gasteiger partial charge on any atom is -0.439 e. The Hall–Kier alpha value is -2.67. The number of guanidine groups is 1. The number of nitrogens with one attached hydrogen (secondary N) is 1. The van der Waals surface area contributed by atoms with Gasteiger partial charge in [0.25, 0.3) is 0 Å². The second-order valence-corrected chi connectivity index (χ2v) is 7.44. The number of halogens is 1. The number of benzene rings is 1. The molecule has 1 aromatic heterocycles. The van der Waals surface area contributed by atoms with Gasteiger partial charge in [-0.25, -0.2) is 9.37 Å². The number of aromatic nitrogens is 1. The lowest BCUT2D eigenvalue weighted by molar-refractivity contribution is 0.156. The van der Waals surface area contributed by atoms with Gasteiger partial charge in [-0.15, -0.1) is 0 Å². The van der Waals surface area contributed by atoms with Crippen molar-refractivity contribution < 1.29 is 13.9 Å². The Kier molecular flexibility index (Phi) is 5.43. The van der Waals surface area contributed by atoms with E-state index >= 15 is 0 Å². The van der Waals surface area contributed by atoms with Crippen molar-refractivity contribution in [3.8, 4) is 11.6 Å². The Morgan fingerprint density at radius 3 is 2.82 bits per heavy atom. The van der Waals surface area contributed by atoms with Gasteiger partial charge in [0.1, 0.15) is 11.6 Å². The van der Waals surface area contributed by atoms with Crippen molar-refractivity contribution in [3.63, 3.8) is 0 Å². The highest BCUT2D eigenvalue weighted by Crippen LogP contribution is 2.38. The van der Waals surface area contributed by atoms with Crippen LogP contribution in [0.1, 0.15) is 18.4 Å². The van der Waals surface area contributed by atoms with Crippen LogP contribution in [0.4, 0.5) is 4.39 Å². The minimum absolute atomic E-state index is 0.292. The predicted molar refractivity (Wildman–Crippen MR) is 105 cm³/mol. The molecule has 0 saturated carbocycles. The van der Waals surface area contributed by atoms with Gasteiger partial charge in [-0.1, -0.05) is 6.07 Å². The molecule has 1 aromatic carbocycles. The molecule has 1 atom stereocenters. The average molecular weight is 384 g/mol. The van der Waals surface area contributed by atoms with E-state index in [-0.39, 0.29) is 5.82 Å². The Morgan fingerprint density at radius 1 is 1.29 bits per heavy atom. The maximum Gasteiger partial charge on any atom is 0.219 e. The summed E-state index contributed by atoms with van der Waals surface area (Å²) in [5, 5.41) is 3.42. The molecular weight excluding hydrogens is 359 g/mol. The third-order valence-corrected chi connectivity index (χ3v) is 5.42. The van der Waals surface area contributed by atoms with Gasteiger partial charge in [0.05, 0.1) is 6.61 Å². The number of hydrogen-bond donors (Lipinski definition) is 1. The molecule has 2 saturated heterocycles. The van der Waals surface area contributed by atoms with Crippen LogP contribution >= 0.6 is 0 Å². The van der Waals surface area contributed by atoms with Gasteiger partial charge in [0.15, 0.2) is 5.96 Å². The molecule has 7 heteroatoms. The van der Waals surface area contributed by atoms with E-state index in [9.17, 15) is 4.39 Å². The summed E-state index contributed by atoms with van der Waals surface area (Å²) in [6, 6.07) is 9.65. The summed E-state index contributed by atoms with van der Waals surface area (Å²) in [6.07, 6.45) is 4.07. The van der Waals surface area contributed by atoms with E-state index in [4.69, 9.17) is 9.47 Å². The van der Waals surface area contributed by atoms with E-state index in [2.05, 4.69) is 20.2 Å². The molecule has 1 unspecified atom stereocenters. The smallest absolute Gasteiger partial charge is 0.219 e. The number of pyridine rings is 1. The van der Waals surface area contributed by atoms with Gasteiger partial charge in [0.2, 0.25) is 5.88 Å². The SMILES string of the molecule is CN=C(NCc1ccc(Oc2ccc(F)cc2)nc1)N1CCC2(CCOC2)C1. The predicted octanol–water partition coefficient (Wildman–Crippen LogP) is 3.20. The fraction of sp³-hybridized carbons (Fsp3) is 0.429. The summed E-state index contributed by atoms with van der Waals surface area (Å²) in [6.45, 7) is 4.37. The number of ether oxygens (including phenoxy) is 2. The summed E-state index contributed by atoms with van der Waals surface area (Å²) in [5.41, 5.74) is 1.34. The van der Waals surface area contributed by atoms with Gasteiger partial charge >= 0.3 is 0 Å². The third kappa shape index (κ3) is 4.25. The van der Waals surface area contributed by atoms with Crippen molar-refractivity contribution in [3.05, 3.63) is 54.0 Å². The van der Waals surface area contributed by atoms with Gasteiger partial charge in [0, 0.05) is 51.0 Å². The minimum atomic E-state index is -0.292. The fourth-order valence-corrected chi connectivity index (χ4v) is 3.80. The zero-order valence-electron chi connectivity index (χ0n) is 16.0. The Labute approximate surface area is 164 Å². The zero-order chi connectivity index (χ0) is 19.4. The van der Waals surface area contributed by atoms with Gasteiger partial charge in [-0.3, -0.25) is 4.99 Å². The zero-order valence-corrected chi connectivity index (χ0v) is 16.0. The molecule has 2 aromatic rings. The van der Waals surface area contributed by atoms with Crippen LogP contribution in [-0.2, 0) is 11.3 Å². The molecule has 4 rings (SSSR count). The summed E-state index contributed by atoms with van der Waals surface area (Å²) in [4.78, 5) is 11.1. The first kappa shape index (κ1) is 18.7. The molecule has 0 amide bonds. The second kappa shape index (κ2) is 8.14. The van der Waals surface area contributed by atoms with Gasteiger partial charge in [-0.05, 0) is 42.7 Å². The fourth-order valence-electron chi connectivity index (χ4n) is 3.80. The molecule has 0 radical (unpaired) electrons. The molecule has 0 aliphatic carbocycles. The number of nitrogens with zero attached hydrogens (tertiary/aromatic N) is 3. The monoisotopic (exact) mass is 384 g/mol. The van der Waals surface area contributed by atoms with Crippen LogP contribution < -0.4 is 10.1 Å². The molecule has 2 aliphatic heterocycles. The highest BCUT2D eigenvalue weighted by molar-refractivity contribution is 5.80. The Bertz CT molecular complexity index is 817. The van der Waals surface area contributed by atoms with E-state index in [0.29, 0.717) is 23.6 Å². The first-order chi connectivity index (χ1) is 13.7. The molecule has 3 heterocycles. The van der Waals surface area contributed by atoms with Crippen LogP contribution in [0.5, 0.6) is 11.6 Å². The first-order valence-corrected chi connectivity index (χ1v) is 9.58. The van der Waals surface area contributed by atoms with E-state index < -0.39 is 0 Å². The summed E-state index contributed by atoms with van der Waals surface area (Å²) in [5.74, 6) is 1.65. The maximum atomic E-state index is 13.0. The Morgan fingerprint density at radius 2 is 2.14 bits per heavy atom. The van der Waals surface area contributed by atoms with Crippen molar-refractivity contribution in [1.82, 2.24) is 15.2 Å². The summed E-state index contributed by atoms with van der Waals surface area (Å²) < 4.78 is 24.2. The van der Waals surface area contributed by atoms with Gasteiger partial charge < -0.3 is 19.7 Å². The lowest BCUT2D eigenvalue weighted by atomic mass is 9.87. The standard InChI is InChI=1S/C21H25FN4O2/c1-23-20(26-10-8-21(14-26)9-11-27-15-21)25-13-16-2-7-19(24-12-16)28-18-5-3-17(22)4-6-18/h2-7,12H,8-11,13-15H2,1H3,(H,23,25). The highest BCUT2D eigenvalue weighted by atomic mass is 19.1. The normalized spacial score (nSPS) is 22.1. The average Bonchev–Trinajstić information content (AvgIpc) is 3.35. The first-order valence-electron chi connectivity index (χ1n) is 9.58. The van der Waals surface area contributed by atoms with Crippen LogP contribution in [0.2, 0.25) is 0 Å². The van der Waals surface area contributed by atoms with E-state index in [1.54, 1.807) is 18.3 Å². The molecule has 148 valence electrons. The molecule has 2 fully saturated rings. The van der Waals surface area contributed by atoms with Crippen LogP contribution in [0.3, 0.4) is 0 Å². The molecule has 1 spiro atoms. The van der Waals surface area contributed by atoms with Gasteiger partial charge in [-0.2, -0.15) is 0 Å². The van der Waals surface area contributed by atoms with E-state index in [1.165, 1.54) is 12.1 Å². The number of likely N-dealkylation sites (tertiary alicyclic amines) is 1. The molecule has 1 N–H and O–H groups in total.